The van der Waals surface area contributed by atoms with E-state index in [4.69, 9.17) is 0 Å². The number of fused-ring (bicyclic) bond motifs is 1. The lowest BCUT2D eigenvalue weighted by atomic mass is 10.1. The second-order valence-corrected chi connectivity index (χ2v) is 7.20. The summed E-state index contributed by atoms with van der Waals surface area (Å²) in [6, 6.07) is 8.10. The maximum atomic E-state index is 13.4. The smallest absolute Gasteiger partial charge is 0.346 e. The van der Waals surface area contributed by atoms with Gasteiger partial charge in [0.1, 0.15) is 12.0 Å². The molecule has 0 aliphatic carbocycles. The maximum Gasteiger partial charge on any atom is 0.416 e. The van der Waals surface area contributed by atoms with Crippen LogP contribution in [0.2, 0.25) is 0 Å². The van der Waals surface area contributed by atoms with E-state index in [1.807, 2.05) is 0 Å². The number of pyridine rings is 1. The van der Waals surface area contributed by atoms with Gasteiger partial charge >= 0.3 is 6.18 Å². The van der Waals surface area contributed by atoms with Crippen LogP contribution in [0, 0.1) is 11.8 Å². The number of hydrogen-bond donors (Lipinski definition) is 2. The van der Waals surface area contributed by atoms with Crippen LogP contribution in [0.4, 0.5) is 24.5 Å². The van der Waals surface area contributed by atoms with Crippen LogP contribution in [0.1, 0.15) is 27.2 Å². The second-order valence-electron chi connectivity index (χ2n) is 7.20. The van der Waals surface area contributed by atoms with Crippen LogP contribution in [0.15, 0.2) is 71.2 Å². The topological polar surface area (TPSA) is 109 Å². The molecule has 2 N–H and O–H groups in total. The first-order valence-corrected chi connectivity index (χ1v) is 10.3. The zero-order valence-electron chi connectivity index (χ0n) is 18.7. The summed E-state index contributed by atoms with van der Waals surface area (Å²) >= 11 is 0. The van der Waals surface area contributed by atoms with Crippen molar-refractivity contribution in [3.63, 3.8) is 0 Å². The van der Waals surface area contributed by atoms with Gasteiger partial charge in [0.15, 0.2) is 5.65 Å². The van der Waals surface area contributed by atoms with Crippen LogP contribution in [0.25, 0.3) is 5.65 Å². The van der Waals surface area contributed by atoms with E-state index in [2.05, 4.69) is 47.5 Å². The number of anilines is 2. The van der Waals surface area contributed by atoms with Crippen molar-refractivity contribution in [1.29, 1.82) is 0 Å². The second kappa shape index (κ2) is 10.5. The molecule has 1 amide bonds. The lowest BCUT2D eigenvalue weighted by molar-refractivity contribution is -0.137. The lowest BCUT2D eigenvalue weighted by Crippen LogP contribution is -2.14. The molecule has 0 bridgehead atoms. The standard InChI is InChI=1S/C24H17F3N8O/c1-28-14-30-15-32-19-8-18(24(25,26)27)9-20(10-19)34-23(36)17-7-16(11-29-12-17)4-5-21-13-31-22-3-2-6-33-35(21)22/h2-3,6-15H,1H3,(H,34,36)(H,28,30,32). The number of amides is 1. The van der Waals surface area contributed by atoms with Crippen molar-refractivity contribution in [2.24, 2.45) is 9.98 Å². The molecule has 0 spiro atoms. The zero-order chi connectivity index (χ0) is 25.5. The van der Waals surface area contributed by atoms with Crippen molar-refractivity contribution in [2.45, 2.75) is 6.18 Å². The number of rotatable bonds is 5. The van der Waals surface area contributed by atoms with E-state index in [9.17, 15) is 18.0 Å². The number of benzene rings is 1. The Kier molecular flexibility index (Phi) is 7.01. The van der Waals surface area contributed by atoms with Crippen molar-refractivity contribution in [3.8, 4) is 11.8 Å². The molecule has 180 valence electrons. The average molecular weight is 490 g/mol. The molecule has 0 radical (unpaired) electrons. The molecular weight excluding hydrogens is 473 g/mol. The summed E-state index contributed by atoms with van der Waals surface area (Å²) in [6.45, 7) is 0. The third kappa shape index (κ3) is 5.89. The van der Waals surface area contributed by atoms with Gasteiger partial charge in [0.05, 0.1) is 23.7 Å². The van der Waals surface area contributed by atoms with E-state index in [1.165, 1.54) is 44.3 Å². The first-order valence-electron chi connectivity index (χ1n) is 10.3. The van der Waals surface area contributed by atoms with Gasteiger partial charge in [-0.15, -0.1) is 0 Å². The van der Waals surface area contributed by atoms with Crippen LogP contribution in [0.3, 0.4) is 0 Å². The Morgan fingerprint density at radius 3 is 2.75 bits per heavy atom. The van der Waals surface area contributed by atoms with Crippen molar-refractivity contribution >= 4 is 35.6 Å². The fourth-order valence-corrected chi connectivity index (χ4v) is 3.05. The van der Waals surface area contributed by atoms with E-state index in [1.54, 1.807) is 29.0 Å². The molecule has 0 unspecified atom stereocenters. The molecule has 4 aromatic rings. The molecule has 0 aliphatic rings. The highest BCUT2D eigenvalue weighted by atomic mass is 19.4. The largest absolute Gasteiger partial charge is 0.416 e. The predicted octanol–water partition coefficient (Wildman–Crippen LogP) is 3.89. The third-order valence-corrected chi connectivity index (χ3v) is 4.62. The van der Waals surface area contributed by atoms with Crippen LogP contribution in [-0.2, 0) is 6.18 Å². The molecule has 0 saturated carbocycles. The number of nitrogens with one attached hydrogen (secondary N) is 2. The Labute approximate surface area is 202 Å². The van der Waals surface area contributed by atoms with E-state index >= 15 is 0 Å². The van der Waals surface area contributed by atoms with Crippen LogP contribution in [0.5, 0.6) is 0 Å². The normalized spacial score (nSPS) is 11.6. The molecule has 0 aliphatic heterocycles. The van der Waals surface area contributed by atoms with Crippen molar-refractivity contribution in [2.75, 3.05) is 17.7 Å². The van der Waals surface area contributed by atoms with Crippen LogP contribution < -0.4 is 10.6 Å². The SMILES string of the molecule is C/N=C\N=C/Nc1cc(NC(=O)c2cncc(C#Cc3cnc4cccnn34)c2)cc(C(F)(F)F)c1. The quantitative estimate of drug-likeness (QED) is 0.251. The minimum absolute atomic E-state index is 0.0665. The highest BCUT2D eigenvalue weighted by Crippen LogP contribution is 2.33. The number of aromatic nitrogens is 4. The van der Waals surface area contributed by atoms with Gasteiger partial charge < -0.3 is 10.6 Å². The number of carbonyl (C=O) groups is 1. The van der Waals surface area contributed by atoms with E-state index < -0.39 is 17.6 Å². The minimum Gasteiger partial charge on any atom is -0.346 e. The summed E-state index contributed by atoms with van der Waals surface area (Å²) in [5.74, 6) is 5.16. The number of alkyl halides is 3. The zero-order valence-corrected chi connectivity index (χ0v) is 18.7. The van der Waals surface area contributed by atoms with Gasteiger partial charge in [-0.2, -0.15) is 18.3 Å². The molecule has 3 heterocycles. The van der Waals surface area contributed by atoms with Crippen LogP contribution in [-0.4, -0.2) is 45.2 Å². The van der Waals surface area contributed by atoms with Gasteiger partial charge in [-0.25, -0.2) is 14.5 Å². The fraction of sp³-hybridized carbons (Fsp3) is 0.0833. The lowest BCUT2D eigenvalue weighted by Gasteiger charge is -2.13. The number of halogens is 3. The van der Waals surface area contributed by atoms with E-state index in [0.29, 0.717) is 16.9 Å². The summed E-state index contributed by atoms with van der Waals surface area (Å²) in [7, 11) is 1.50. The summed E-state index contributed by atoms with van der Waals surface area (Å²) in [5, 5.41) is 9.27. The number of imidazole rings is 1. The Balaban J connectivity index is 1.56. The summed E-state index contributed by atoms with van der Waals surface area (Å²) in [5.41, 5.74) is 0.779. The van der Waals surface area contributed by atoms with Gasteiger partial charge in [0, 0.05) is 42.6 Å². The molecule has 36 heavy (non-hydrogen) atoms. The van der Waals surface area contributed by atoms with E-state index in [0.717, 1.165) is 12.1 Å². The van der Waals surface area contributed by atoms with Gasteiger partial charge in [0.2, 0.25) is 0 Å². The van der Waals surface area contributed by atoms with Gasteiger partial charge in [-0.05, 0) is 42.3 Å². The number of aliphatic imine (C=N–C) groups is 2. The number of nitrogens with zero attached hydrogens (tertiary/aromatic N) is 6. The molecule has 0 saturated heterocycles. The van der Waals surface area contributed by atoms with Gasteiger partial charge in [-0.3, -0.25) is 14.8 Å². The Bertz CT molecular complexity index is 1530. The monoisotopic (exact) mass is 490 g/mol. The Hall–Kier alpha value is -5.05. The molecule has 12 heteroatoms. The number of carbonyl (C=O) groups excluding carboxylic acids is 1. The molecule has 1 aromatic carbocycles. The first kappa shape index (κ1) is 24.1. The molecular formula is C24H17F3N8O. The van der Waals surface area contributed by atoms with Gasteiger partial charge in [-0.1, -0.05) is 5.92 Å². The fourth-order valence-electron chi connectivity index (χ4n) is 3.05. The van der Waals surface area contributed by atoms with Crippen molar-refractivity contribution in [3.05, 3.63) is 83.6 Å². The highest BCUT2D eigenvalue weighted by molar-refractivity contribution is 6.04. The Morgan fingerprint density at radius 1 is 1.11 bits per heavy atom. The number of hydrogen-bond acceptors (Lipinski definition) is 5. The highest BCUT2D eigenvalue weighted by Gasteiger charge is 2.31. The molecule has 9 nitrogen and oxygen atoms in total. The summed E-state index contributed by atoms with van der Waals surface area (Å²) in [6.07, 6.45) is 3.71. The summed E-state index contributed by atoms with van der Waals surface area (Å²) in [4.78, 5) is 28.4. The summed E-state index contributed by atoms with van der Waals surface area (Å²) < 4.78 is 41.7. The molecule has 0 fully saturated rings. The third-order valence-electron chi connectivity index (χ3n) is 4.62. The average Bonchev–Trinajstić information content (AvgIpc) is 3.28. The predicted molar refractivity (Wildman–Crippen MR) is 129 cm³/mol. The molecule has 4 rings (SSSR count). The van der Waals surface area contributed by atoms with Crippen molar-refractivity contribution < 1.29 is 18.0 Å². The minimum atomic E-state index is -4.62. The van der Waals surface area contributed by atoms with E-state index in [-0.39, 0.29) is 16.9 Å². The van der Waals surface area contributed by atoms with Gasteiger partial charge in [0.25, 0.3) is 5.91 Å². The van der Waals surface area contributed by atoms with Crippen LogP contribution >= 0.6 is 0 Å². The van der Waals surface area contributed by atoms with Crippen molar-refractivity contribution in [1.82, 2.24) is 19.6 Å². The molecule has 3 aromatic heterocycles. The first-order chi connectivity index (χ1) is 17.3. The molecule has 0 atom stereocenters. The Morgan fingerprint density at radius 2 is 1.94 bits per heavy atom. The maximum absolute atomic E-state index is 13.4.